The summed E-state index contributed by atoms with van der Waals surface area (Å²) in [4.78, 5) is 12.8. The Balaban J connectivity index is 1.70. The van der Waals surface area contributed by atoms with Crippen LogP contribution < -0.4 is 10.1 Å². The molecule has 0 aliphatic heterocycles. The van der Waals surface area contributed by atoms with Crippen LogP contribution in [-0.2, 0) is 15.6 Å². The summed E-state index contributed by atoms with van der Waals surface area (Å²) >= 11 is 0. The molecule has 1 heterocycles. The van der Waals surface area contributed by atoms with Gasteiger partial charge in [0.1, 0.15) is 5.75 Å². The van der Waals surface area contributed by atoms with Gasteiger partial charge in [0.25, 0.3) is 5.91 Å². The predicted octanol–water partition coefficient (Wildman–Crippen LogP) is 4.35. The number of hydrogen-bond donors (Lipinski definition) is 1. The summed E-state index contributed by atoms with van der Waals surface area (Å²) in [5.41, 5.74) is 0.888. The van der Waals surface area contributed by atoms with Crippen LogP contribution in [0, 0.1) is 0 Å². The van der Waals surface area contributed by atoms with Crippen molar-refractivity contribution in [3.8, 4) is 5.75 Å². The Morgan fingerprint density at radius 1 is 1.07 bits per heavy atom. The lowest BCUT2D eigenvalue weighted by molar-refractivity contribution is -0.0498. The van der Waals surface area contributed by atoms with Crippen molar-refractivity contribution in [3.05, 3.63) is 83.8 Å². The number of halogens is 2. The zero-order valence-electron chi connectivity index (χ0n) is 15.9. The second-order valence-electron chi connectivity index (χ2n) is 6.49. The lowest BCUT2D eigenvalue weighted by Gasteiger charge is -2.15. The molecule has 0 bridgehead atoms. The first-order chi connectivity index (χ1) is 14.3. The van der Waals surface area contributed by atoms with Gasteiger partial charge in [-0.25, -0.2) is 8.42 Å². The summed E-state index contributed by atoms with van der Waals surface area (Å²) in [5.74, 6) is -1.06. The normalized spacial score (nSPS) is 12.5. The highest BCUT2D eigenvalue weighted by molar-refractivity contribution is 7.90. The van der Waals surface area contributed by atoms with E-state index in [1.165, 1.54) is 36.6 Å². The molecular weight excluding hydrogens is 416 g/mol. The molecule has 1 aromatic heterocycles. The molecule has 158 valence electrons. The van der Waals surface area contributed by atoms with Gasteiger partial charge < -0.3 is 14.5 Å². The highest BCUT2D eigenvalue weighted by atomic mass is 32.2. The van der Waals surface area contributed by atoms with Gasteiger partial charge in [-0.3, -0.25) is 4.79 Å². The van der Waals surface area contributed by atoms with E-state index in [4.69, 9.17) is 4.42 Å². The average Bonchev–Trinajstić information content (AvgIpc) is 3.16. The van der Waals surface area contributed by atoms with Crippen LogP contribution in [0.25, 0.3) is 0 Å². The van der Waals surface area contributed by atoms with Crippen molar-refractivity contribution >= 4 is 15.7 Å². The SMILES string of the molecule is CC(NC(=O)c1occc1CS(=O)(=O)c1ccccc1)c1ccc(OC(F)F)cc1. The van der Waals surface area contributed by atoms with Crippen molar-refractivity contribution in [1.29, 1.82) is 0 Å². The Kier molecular flexibility index (Phi) is 6.51. The number of rotatable bonds is 8. The highest BCUT2D eigenvalue weighted by Gasteiger charge is 2.23. The minimum atomic E-state index is -3.65. The molecule has 3 rings (SSSR count). The smallest absolute Gasteiger partial charge is 0.387 e. The third kappa shape index (κ3) is 5.24. The molecule has 0 aliphatic carbocycles. The fraction of sp³-hybridized carbons (Fsp3) is 0.190. The third-order valence-corrected chi connectivity index (χ3v) is 6.04. The zero-order valence-corrected chi connectivity index (χ0v) is 16.7. The van der Waals surface area contributed by atoms with E-state index in [0.29, 0.717) is 5.56 Å². The number of alkyl halides is 2. The largest absolute Gasteiger partial charge is 0.459 e. The van der Waals surface area contributed by atoms with Gasteiger partial charge in [0, 0.05) is 5.56 Å². The summed E-state index contributed by atoms with van der Waals surface area (Å²) in [6.45, 7) is -1.22. The van der Waals surface area contributed by atoms with Crippen LogP contribution in [0.2, 0.25) is 0 Å². The summed E-state index contributed by atoms with van der Waals surface area (Å²) in [6.07, 6.45) is 1.26. The molecule has 0 spiro atoms. The molecule has 0 radical (unpaired) electrons. The molecule has 1 atom stereocenters. The maximum atomic E-state index is 12.6. The Bertz CT molecular complexity index is 1100. The second kappa shape index (κ2) is 9.08. The maximum Gasteiger partial charge on any atom is 0.387 e. The van der Waals surface area contributed by atoms with Crippen molar-refractivity contribution in [1.82, 2.24) is 5.32 Å². The first-order valence-electron chi connectivity index (χ1n) is 8.96. The molecule has 0 saturated carbocycles. The molecule has 3 aromatic rings. The molecule has 1 amide bonds. The van der Waals surface area contributed by atoms with Gasteiger partial charge in [-0.15, -0.1) is 0 Å². The van der Waals surface area contributed by atoms with Gasteiger partial charge in [-0.1, -0.05) is 30.3 Å². The van der Waals surface area contributed by atoms with Crippen molar-refractivity contribution in [3.63, 3.8) is 0 Å². The predicted molar refractivity (Wildman–Crippen MR) is 105 cm³/mol. The molecule has 30 heavy (non-hydrogen) atoms. The molecule has 6 nitrogen and oxygen atoms in total. The molecule has 0 aliphatic rings. The number of furan rings is 1. The van der Waals surface area contributed by atoms with E-state index in [1.807, 2.05) is 0 Å². The van der Waals surface area contributed by atoms with Gasteiger partial charge in [-0.05, 0) is 42.8 Å². The molecule has 0 saturated heterocycles. The summed E-state index contributed by atoms with van der Waals surface area (Å²) in [5, 5.41) is 2.71. The van der Waals surface area contributed by atoms with Crippen LogP contribution in [0.1, 0.15) is 34.6 Å². The zero-order chi connectivity index (χ0) is 21.7. The standard InChI is InChI=1S/C21H19F2NO5S/c1-14(15-7-9-17(10-8-15)29-21(22)23)24-20(25)19-16(11-12-28-19)13-30(26,27)18-5-3-2-4-6-18/h2-12,14,21H,13H2,1H3,(H,24,25). The highest BCUT2D eigenvalue weighted by Crippen LogP contribution is 2.22. The Labute approximate surface area is 172 Å². The Morgan fingerprint density at radius 3 is 2.37 bits per heavy atom. The van der Waals surface area contributed by atoms with Crippen LogP contribution in [0.3, 0.4) is 0 Å². The first kappa shape index (κ1) is 21.5. The Hall–Kier alpha value is -3.20. The number of ether oxygens (including phenoxy) is 1. The first-order valence-corrected chi connectivity index (χ1v) is 10.6. The van der Waals surface area contributed by atoms with E-state index in [0.717, 1.165) is 0 Å². The average molecular weight is 435 g/mol. The van der Waals surface area contributed by atoms with Crippen molar-refractivity contribution in [2.45, 2.75) is 30.2 Å². The molecule has 1 unspecified atom stereocenters. The lowest BCUT2D eigenvalue weighted by Crippen LogP contribution is -2.27. The maximum absolute atomic E-state index is 12.6. The molecule has 1 N–H and O–H groups in total. The van der Waals surface area contributed by atoms with E-state index < -0.39 is 28.4 Å². The Morgan fingerprint density at radius 2 is 1.73 bits per heavy atom. The van der Waals surface area contributed by atoms with Crippen LogP contribution in [0.15, 0.2) is 76.2 Å². The minimum absolute atomic E-state index is 0.00622. The van der Waals surface area contributed by atoms with Crippen molar-refractivity contribution in [2.24, 2.45) is 0 Å². The van der Waals surface area contributed by atoms with E-state index in [2.05, 4.69) is 10.1 Å². The number of amides is 1. The van der Waals surface area contributed by atoms with Crippen molar-refractivity contribution < 1.29 is 31.1 Å². The topological polar surface area (TPSA) is 85.6 Å². The molecular formula is C21H19F2NO5S. The second-order valence-corrected chi connectivity index (χ2v) is 8.48. The van der Waals surface area contributed by atoms with Crippen LogP contribution >= 0.6 is 0 Å². The van der Waals surface area contributed by atoms with Crippen LogP contribution in [0.4, 0.5) is 8.78 Å². The third-order valence-electron chi connectivity index (χ3n) is 4.35. The molecule has 0 fully saturated rings. The number of hydrogen-bond acceptors (Lipinski definition) is 5. The monoisotopic (exact) mass is 435 g/mol. The number of carbonyl (C=O) groups is 1. The van der Waals surface area contributed by atoms with Crippen LogP contribution in [0.5, 0.6) is 5.75 Å². The minimum Gasteiger partial charge on any atom is -0.459 e. The molecule has 2 aromatic carbocycles. The van der Waals surface area contributed by atoms with E-state index in [-0.39, 0.29) is 27.7 Å². The van der Waals surface area contributed by atoms with Gasteiger partial charge in [-0.2, -0.15) is 8.78 Å². The van der Waals surface area contributed by atoms with Gasteiger partial charge >= 0.3 is 6.61 Å². The van der Waals surface area contributed by atoms with E-state index in [9.17, 15) is 22.0 Å². The summed E-state index contributed by atoms with van der Waals surface area (Å²) < 4.78 is 59.2. The van der Waals surface area contributed by atoms with E-state index >= 15 is 0 Å². The van der Waals surface area contributed by atoms with Crippen LogP contribution in [-0.4, -0.2) is 20.9 Å². The van der Waals surface area contributed by atoms with E-state index in [1.54, 1.807) is 37.3 Å². The summed E-state index contributed by atoms with van der Waals surface area (Å²) in [6, 6.07) is 14.7. The fourth-order valence-corrected chi connectivity index (χ4v) is 4.22. The quantitative estimate of drug-likeness (QED) is 0.569. The fourth-order valence-electron chi connectivity index (χ4n) is 2.85. The summed E-state index contributed by atoms with van der Waals surface area (Å²) in [7, 11) is -3.65. The lowest BCUT2D eigenvalue weighted by atomic mass is 10.1. The van der Waals surface area contributed by atoms with Gasteiger partial charge in [0.15, 0.2) is 15.6 Å². The van der Waals surface area contributed by atoms with Gasteiger partial charge in [0.2, 0.25) is 0 Å². The number of carbonyl (C=O) groups excluding carboxylic acids is 1. The van der Waals surface area contributed by atoms with Gasteiger partial charge in [0.05, 0.1) is 23.0 Å². The number of benzene rings is 2. The molecule has 9 heteroatoms. The number of nitrogens with one attached hydrogen (secondary N) is 1. The number of sulfone groups is 1. The van der Waals surface area contributed by atoms with Crippen molar-refractivity contribution in [2.75, 3.05) is 0 Å².